The topological polar surface area (TPSA) is 80.4 Å². The van der Waals surface area contributed by atoms with E-state index < -0.39 is 11.9 Å². The van der Waals surface area contributed by atoms with Crippen molar-refractivity contribution < 1.29 is 19.1 Å². The summed E-state index contributed by atoms with van der Waals surface area (Å²) in [4.78, 5) is 27.5. The molecule has 0 spiro atoms. The fourth-order valence-corrected chi connectivity index (χ4v) is 2.62. The van der Waals surface area contributed by atoms with Crippen LogP contribution in [0.1, 0.15) is 39.0 Å². The third-order valence-electron chi connectivity index (χ3n) is 3.55. The van der Waals surface area contributed by atoms with Crippen LogP contribution >= 0.6 is 11.6 Å². The molecular weight excluding hydrogens is 332 g/mol. The standard InChI is InChI=1S/C17H19ClN2O4/c1-5-24-17(22)14-9(2)15(19-10(14)3)16(21)20-12-8-11(18)6-7-13(12)23-4/h6-8,19H,5H2,1-4H3,(H,20,21). The fourth-order valence-electron chi connectivity index (χ4n) is 2.45. The molecule has 0 bridgehead atoms. The van der Waals surface area contributed by atoms with Crippen molar-refractivity contribution in [3.63, 3.8) is 0 Å². The van der Waals surface area contributed by atoms with Crippen LogP contribution in [0, 0.1) is 13.8 Å². The van der Waals surface area contributed by atoms with Gasteiger partial charge < -0.3 is 19.8 Å². The van der Waals surface area contributed by atoms with Gasteiger partial charge in [0.2, 0.25) is 0 Å². The summed E-state index contributed by atoms with van der Waals surface area (Å²) in [6.07, 6.45) is 0. The van der Waals surface area contributed by atoms with Crippen LogP contribution in [0.4, 0.5) is 5.69 Å². The summed E-state index contributed by atoms with van der Waals surface area (Å²) in [5.74, 6) is -0.367. The number of H-pyrrole nitrogens is 1. The number of nitrogens with one attached hydrogen (secondary N) is 2. The third kappa shape index (κ3) is 3.54. The Balaban J connectivity index is 2.33. The molecule has 1 aromatic carbocycles. The minimum Gasteiger partial charge on any atom is -0.495 e. The van der Waals surface area contributed by atoms with Gasteiger partial charge in [0, 0.05) is 10.7 Å². The van der Waals surface area contributed by atoms with E-state index in [1.165, 1.54) is 7.11 Å². The zero-order chi connectivity index (χ0) is 17.9. The normalized spacial score (nSPS) is 10.4. The molecule has 0 atom stereocenters. The first-order valence-electron chi connectivity index (χ1n) is 7.40. The number of aryl methyl sites for hydroxylation is 1. The van der Waals surface area contributed by atoms with E-state index >= 15 is 0 Å². The smallest absolute Gasteiger partial charge is 0.340 e. The number of hydrogen-bond donors (Lipinski definition) is 2. The molecule has 1 amide bonds. The number of amides is 1. The van der Waals surface area contributed by atoms with Crippen molar-refractivity contribution in [1.82, 2.24) is 4.98 Å². The lowest BCUT2D eigenvalue weighted by Gasteiger charge is -2.10. The molecule has 2 rings (SSSR count). The van der Waals surface area contributed by atoms with Gasteiger partial charge in [-0.05, 0) is 44.5 Å². The molecule has 0 aliphatic rings. The molecule has 6 nitrogen and oxygen atoms in total. The molecule has 1 heterocycles. The summed E-state index contributed by atoms with van der Waals surface area (Å²) in [6.45, 7) is 5.41. The lowest BCUT2D eigenvalue weighted by Crippen LogP contribution is -2.15. The number of aromatic nitrogens is 1. The van der Waals surface area contributed by atoms with Gasteiger partial charge in [0.15, 0.2) is 0 Å². The Morgan fingerprint density at radius 3 is 2.62 bits per heavy atom. The highest BCUT2D eigenvalue weighted by atomic mass is 35.5. The number of aromatic amines is 1. The predicted octanol–water partition coefficient (Wildman–Crippen LogP) is 3.72. The summed E-state index contributed by atoms with van der Waals surface area (Å²) in [5.41, 5.74) is 2.22. The highest BCUT2D eigenvalue weighted by Gasteiger charge is 2.23. The summed E-state index contributed by atoms with van der Waals surface area (Å²) < 4.78 is 10.2. The van der Waals surface area contributed by atoms with Gasteiger partial charge in [0.25, 0.3) is 5.91 Å². The van der Waals surface area contributed by atoms with Gasteiger partial charge in [-0.3, -0.25) is 4.79 Å². The van der Waals surface area contributed by atoms with Gasteiger partial charge in [0.1, 0.15) is 11.4 Å². The molecule has 0 aliphatic heterocycles. The maximum Gasteiger partial charge on any atom is 0.340 e. The van der Waals surface area contributed by atoms with E-state index in [-0.39, 0.29) is 12.3 Å². The van der Waals surface area contributed by atoms with Crippen LogP contribution in [0.25, 0.3) is 0 Å². The van der Waals surface area contributed by atoms with E-state index in [1.807, 2.05) is 0 Å². The first-order valence-corrected chi connectivity index (χ1v) is 7.78. The van der Waals surface area contributed by atoms with E-state index in [9.17, 15) is 9.59 Å². The van der Waals surface area contributed by atoms with Gasteiger partial charge in [-0.1, -0.05) is 11.6 Å². The molecule has 0 fully saturated rings. The minimum absolute atomic E-state index is 0.268. The average molecular weight is 351 g/mol. The van der Waals surface area contributed by atoms with Crippen LogP contribution in [0.5, 0.6) is 5.75 Å². The van der Waals surface area contributed by atoms with Crippen molar-refractivity contribution >= 4 is 29.2 Å². The number of halogens is 1. The molecular formula is C17H19ClN2O4. The van der Waals surface area contributed by atoms with Crippen LogP contribution < -0.4 is 10.1 Å². The van der Waals surface area contributed by atoms with E-state index in [0.717, 1.165) is 0 Å². The Morgan fingerprint density at radius 1 is 1.29 bits per heavy atom. The summed E-state index contributed by atoms with van der Waals surface area (Å²) in [7, 11) is 1.50. The fraction of sp³-hybridized carbons (Fsp3) is 0.294. The molecule has 1 aromatic heterocycles. The second-order valence-electron chi connectivity index (χ2n) is 5.14. The predicted molar refractivity (Wildman–Crippen MR) is 92.2 cm³/mol. The molecule has 0 radical (unpaired) electrons. The Kier molecular flexibility index (Phi) is 5.51. The molecule has 2 N–H and O–H groups in total. The average Bonchev–Trinajstić information content (AvgIpc) is 2.82. The second-order valence-corrected chi connectivity index (χ2v) is 5.58. The Hall–Kier alpha value is -2.47. The maximum atomic E-state index is 12.6. The Morgan fingerprint density at radius 2 is 2.00 bits per heavy atom. The first-order chi connectivity index (χ1) is 11.4. The number of hydrogen-bond acceptors (Lipinski definition) is 4. The minimum atomic E-state index is -0.455. The van der Waals surface area contributed by atoms with E-state index in [2.05, 4.69) is 10.3 Å². The number of carbonyl (C=O) groups excluding carboxylic acids is 2. The molecule has 128 valence electrons. The van der Waals surface area contributed by atoms with E-state index in [4.69, 9.17) is 21.1 Å². The summed E-state index contributed by atoms with van der Waals surface area (Å²) in [6, 6.07) is 4.92. The van der Waals surface area contributed by atoms with Gasteiger partial charge in [-0.25, -0.2) is 4.79 Å². The second kappa shape index (κ2) is 7.40. The largest absolute Gasteiger partial charge is 0.495 e. The van der Waals surface area contributed by atoms with Crippen molar-refractivity contribution in [2.45, 2.75) is 20.8 Å². The summed E-state index contributed by atoms with van der Waals surface area (Å²) in [5, 5.41) is 3.21. The number of esters is 1. The van der Waals surface area contributed by atoms with Gasteiger partial charge in [0.05, 0.1) is 25.0 Å². The molecule has 0 saturated heterocycles. The zero-order valence-electron chi connectivity index (χ0n) is 14.0. The van der Waals surface area contributed by atoms with Gasteiger partial charge >= 0.3 is 5.97 Å². The number of rotatable bonds is 5. The number of ether oxygens (including phenoxy) is 2. The highest BCUT2D eigenvalue weighted by molar-refractivity contribution is 6.31. The third-order valence-corrected chi connectivity index (χ3v) is 3.79. The monoisotopic (exact) mass is 350 g/mol. The van der Waals surface area contributed by atoms with Crippen LogP contribution in [0.3, 0.4) is 0 Å². The molecule has 0 aliphatic carbocycles. The Bertz CT molecular complexity index is 783. The molecule has 0 saturated carbocycles. The van der Waals surface area contributed by atoms with Crippen molar-refractivity contribution in [3.8, 4) is 5.75 Å². The maximum absolute atomic E-state index is 12.6. The van der Waals surface area contributed by atoms with Crippen LogP contribution in [0.15, 0.2) is 18.2 Å². The highest BCUT2D eigenvalue weighted by Crippen LogP contribution is 2.29. The molecule has 2 aromatic rings. The van der Waals surface area contributed by atoms with Crippen LogP contribution in [-0.4, -0.2) is 30.6 Å². The van der Waals surface area contributed by atoms with Gasteiger partial charge in [-0.2, -0.15) is 0 Å². The first kappa shape index (κ1) is 17.9. The molecule has 24 heavy (non-hydrogen) atoms. The van der Waals surface area contributed by atoms with E-state index in [0.29, 0.717) is 33.3 Å². The SMILES string of the molecule is CCOC(=O)c1c(C)[nH]c(C(=O)Nc2cc(Cl)ccc2OC)c1C. The van der Waals surface area contributed by atoms with Crippen molar-refractivity contribution in [2.24, 2.45) is 0 Å². The van der Waals surface area contributed by atoms with Crippen LogP contribution in [-0.2, 0) is 4.74 Å². The van der Waals surface area contributed by atoms with Crippen molar-refractivity contribution in [1.29, 1.82) is 0 Å². The lowest BCUT2D eigenvalue weighted by atomic mass is 10.1. The van der Waals surface area contributed by atoms with Crippen molar-refractivity contribution in [3.05, 3.63) is 45.7 Å². The molecule has 7 heteroatoms. The number of carbonyl (C=O) groups is 2. The molecule has 0 unspecified atom stereocenters. The quantitative estimate of drug-likeness (QED) is 0.805. The van der Waals surface area contributed by atoms with Gasteiger partial charge in [-0.15, -0.1) is 0 Å². The summed E-state index contributed by atoms with van der Waals surface area (Å²) >= 11 is 5.96. The zero-order valence-corrected chi connectivity index (χ0v) is 14.7. The Labute approximate surface area is 145 Å². The lowest BCUT2D eigenvalue weighted by molar-refractivity contribution is 0.0525. The number of benzene rings is 1. The number of anilines is 1. The number of methoxy groups -OCH3 is 1. The van der Waals surface area contributed by atoms with E-state index in [1.54, 1.807) is 39.0 Å². The van der Waals surface area contributed by atoms with Crippen molar-refractivity contribution in [2.75, 3.05) is 19.0 Å². The van der Waals surface area contributed by atoms with Crippen LogP contribution in [0.2, 0.25) is 5.02 Å².